The Morgan fingerprint density at radius 1 is 1.16 bits per heavy atom. The highest BCUT2D eigenvalue weighted by atomic mass is 127. The normalized spacial score (nSPS) is 22.3. The van der Waals surface area contributed by atoms with Crippen LogP contribution in [0, 0.1) is 5.92 Å². The Morgan fingerprint density at radius 3 is 2.61 bits per heavy atom. The number of likely N-dealkylation sites (tertiary alicyclic amines) is 2. The number of guanidine groups is 1. The van der Waals surface area contributed by atoms with Gasteiger partial charge in [-0.25, -0.2) is 4.79 Å². The van der Waals surface area contributed by atoms with Crippen LogP contribution in [0.5, 0.6) is 0 Å². The molecule has 0 spiro atoms. The van der Waals surface area contributed by atoms with Gasteiger partial charge in [-0.1, -0.05) is 0 Å². The zero-order valence-corrected chi connectivity index (χ0v) is 22.4. The number of methoxy groups -OCH3 is 1. The van der Waals surface area contributed by atoms with Crippen LogP contribution in [0.15, 0.2) is 4.99 Å². The standard InChI is InChI=1S/C22H42N4O4.HI/c1-6-23-20(25-12-10-18(16-25)17-29-14-13-28-5)24-15-19-9-7-8-11-26(19)21(27)30-22(2,3)4;/h18-19H,6-17H2,1-5H3,(H,23,24);1H. The van der Waals surface area contributed by atoms with Crippen molar-refractivity contribution in [3.8, 4) is 0 Å². The summed E-state index contributed by atoms with van der Waals surface area (Å²) >= 11 is 0. The minimum absolute atomic E-state index is 0. The molecule has 0 aromatic heterocycles. The van der Waals surface area contributed by atoms with Gasteiger partial charge >= 0.3 is 6.09 Å². The van der Waals surface area contributed by atoms with Crippen LogP contribution in [0.2, 0.25) is 0 Å². The van der Waals surface area contributed by atoms with E-state index >= 15 is 0 Å². The summed E-state index contributed by atoms with van der Waals surface area (Å²) in [5.41, 5.74) is -0.479. The molecule has 1 amide bonds. The number of nitrogens with one attached hydrogen (secondary N) is 1. The second-order valence-corrected chi connectivity index (χ2v) is 9.19. The predicted molar refractivity (Wildman–Crippen MR) is 134 cm³/mol. The van der Waals surface area contributed by atoms with E-state index in [1.165, 1.54) is 0 Å². The van der Waals surface area contributed by atoms with Crippen LogP contribution < -0.4 is 5.32 Å². The molecule has 9 heteroatoms. The van der Waals surface area contributed by atoms with Crippen LogP contribution in [-0.4, -0.2) is 93.1 Å². The van der Waals surface area contributed by atoms with Crippen molar-refractivity contribution >= 4 is 36.0 Å². The average Bonchev–Trinajstić information content (AvgIpc) is 3.16. The molecule has 0 aromatic carbocycles. The first kappa shape index (κ1) is 28.2. The summed E-state index contributed by atoms with van der Waals surface area (Å²) in [7, 11) is 1.69. The number of halogens is 1. The minimum Gasteiger partial charge on any atom is -0.444 e. The lowest BCUT2D eigenvalue weighted by molar-refractivity contribution is 0.0109. The molecular formula is C22H43IN4O4. The summed E-state index contributed by atoms with van der Waals surface area (Å²) in [5, 5.41) is 3.42. The van der Waals surface area contributed by atoms with Crippen LogP contribution in [0.25, 0.3) is 0 Å². The second-order valence-electron chi connectivity index (χ2n) is 9.19. The SMILES string of the molecule is CCNC(=NCC1CCCCN1C(=O)OC(C)(C)C)N1CCC(COCCOC)C1.I. The lowest BCUT2D eigenvalue weighted by atomic mass is 10.0. The van der Waals surface area contributed by atoms with Crippen molar-refractivity contribution < 1.29 is 19.0 Å². The van der Waals surface area contributed by atoms with E-state index in [9.17, 15) is 4.79 Å². The summed E-state index contributed by atoms with van der Waals surface area (Å²) < 4.78 is 16.4. The second kappa shape index (κ2) is 14.4. The maximum atomic E-state index is 12.6. The van der Waals surface area contributed by atoms with Crippen molar-refractivity contribution in [3.63, 3.8) is 0 Å². The summed E-state index contributed by atoms with van der Waals surface area (Å²) in [6.45, 7) is 14.0. The Balaban J connectivity index is 0.00000480. The van der Waals surface area contributed by atoms with Crippen LogP contribution in [0.3, 0.4) is 0 Å². The van der Waals surface area contributed by atoms with Crippen molar-refractivity contribution in [2.24, 2.45) is 10.9 Å². The van der Waals surface area contributed by atoms with Crippen LogP contribution in [0.1, 0.15) is 53.4 Å². The molecule has 2 saturated heterocycles. The fourth-order valence-corrected chi connectivity index (χ4v) is 3.92. The maximum Gasteiger partial charge on any atom is 0.410 e. The Bertz CT molecular complexity index is 556. The fraction of sp³-hybridized carbons (Fsp3) is 0.909. The summed E-state index contributed by atoms with van der Waals surface area (Å²) in [6.07, 6.45) is 4.00. The van der Waals surface area contributed by atoms with Crippen molar-refractivity contribution in [1.29, 1.82) is 0 Å². The van der Waals surface area contributed by atoms with Gasteiger partial charge in [0.15, 0.2) is 5.96 Å². The first-order valence-electron chi connectivity index (χ1n) is 11.4. The molecule has 2 aliphatic heterocycles. The topological polar surface area (TPSA) is 75.6 Å². The molecule has 1 N–H and O–H groups in total. The Labute approximate surface area is 205 Å². The fourth-order valence-electron chi connectivity index (χ4n) is 3.92. The number of aliphatic imine (C=N–C) groups is 1. The van der Waals surface area contributed by atoms with Gasteiger partial charge in [0.2, 0.25) is 0 Å². The first-order chi connectivity index (χ1) is 14.3. The highest BCUT2D eigenvalue weighted by Gasteiger charge is 2.31. The van der Waals surface area contributed by atoms with Gasteiger partial charge in [0.05, 0.1) is 32.4 Å². The molecule has 0 aliphatic carbocycles. The molecule has 0 radical (unpaired) electrons. The largest absolute Gasteiger partial charge is 0.444 e. The van der Waals surface area contributed by atoms with Crippen molar-refractivity contribution in [3.05, 3.63) is 0 Å². The van der Waals surface area contributed by atoms with E-state index in [0.29, 0.717) is 25.7 Å². The predicted octanol–water partition coefficient (Wildman–Crippen LogP) is 3.34. The van der Waals surface area contributed by atoms with Crippen LogP contribution in [-0.2, 0) is 14.2 Å². The van der Waals surface area contributed by atoms with E-state index < -0.39 is 5.60 Å². The van der Waals surface area contributed by atoms with E-state index in [1.54, 1.807) is 7.11 Å². The molecule has 2 aliphatic rings. The number of piperidine rings is 1. The quantitative estimate of drug-likeness (QED) is 0.215. The third kappa shape index (κ3) is 10.1. The third-order valence-corrected chi connectivity index (χ3v) is 5.41. The minimum atomic E-state index is -0.479. The van der Waals surface area contributed by atoms with Gasteiger partial charge in [0.25, 0.3) is 0 Å². The third-order valence-electron chi connectivity index (χ3n) is 5.41. The number of ether oxygens (including phenoxy) is 3. The molecule has 182 valence electrons. The number of hydrogen-bond donors (Lipinski definition) is 1. The number of hydrogen-bond acceptors (Lipinski definition) is 5. The molecule has 31 heavy (non-hydrogen) atoms. The van der Waals surface area contributed by atoms with Crippen molar-refractivity contribution in [1.82, 2.24) is 15.1 Å². The zero-order valence-electron chi connectivity index (χ0n) is 20.0. The van der Waals surface area contributed by atoms with Gasteiger partial charge in [0, 0.05) is 39.2 Å². The number of nitrogens with zero attached hydrogens (tertiary/aromatic N) is 3. The van der Waals surface area contributed by atoms with E-state index in [0.717, 1.165) is 64.4 Å². The maximum absolute atomic E-state index is 12.6. The van der Waals surface area contributed by atoms with Gasteiger partial charge in [-0.05, 0) is 53.4 Å². The average molecular weight is 555 g/mol. The molecule has 2 rings (SSSR count). The van der Waals surface area contributed by atoms with Crippen molar-refractivity contribution in [2.45, 2.75) is 65.0 Å². The van der Waals surface area contributed by atoms with Gasteiger partial charge in [0.1, 0.15) is 5.60 Å². The summed E-state index contributed by atoms with van der Waals surface area (Å²) in [6, 6.07) is 0.0954. The summed E-state index contributed by atoms with van der Waals surface area (Å²) in [5.74, 6) is 1.45. The number of carbonyl (C=O) groups excluding carboxylic acids is 1. The highest BCUT2D eigenvalue weighted by Crippen LogP contribution is 2.21. The lowest BCUT2D eigenvalue weighted by Gasteiger charge is -2.36. The number of amides is 1. The lowest BCUT2D eigenvalue weighted by Crippen LogP contribution is -2.48. The Hall–Kier alpha value is -0.810. The molecule has 0 saturated carbocycles. The van der Waals surface area contributed by atoms with E-state index in [4.69, 9.17) is 19.2 Å². The van der Waals surface area contributed by atoms with Crippen molar-refractivity contribution in [2.75, 3.05) is 59.7 Å². The molecule has 0 bridgehead atoms. The van der Waals surface area contributed by atoms with Gasteiger partial charge in [-0.3, -0.25) is 4.99 Å². The Morgan fingerprint density at radius 2 is 1.94 bits per heavy atom. The van der Waals surface area contributed by atoms with E-state index in [-0.39, 0.29) is 36.1 Å². The van der Waals surface area contributed by atoms with E-state index in [2.05, 4.69) is 17.1 Å². The monoisotopic (exact) mass is 554 g/mol. The molecule has 2 unspecified atom stereocenters. The van der Waals surface area contributed by atoms with Crippen LogP contribution in [0.4, 0.5) is 4.79 Å². The Kier molecular flexibility index (Phi) is 13.1. The summed E-state index contributed by atoms with van der Waals surface area (Å²) in [4.78, 5) is 21.7. The zero-order chi connectivity index (χ0) is 22.0. The molecular weight excluding hydrogens is 511 g/mol. The van der Waals surface area contributed by atoms with Crippen LogP contribution >= 0.6 is 24.0 Å². The van der Waals surface area contributed by atoms with Gasteiger partial charge < -0.3 is 29.3 Å². The van der Waals surface area contributed by atoms with Gasteiger partial charge in [-0.15, -0.1) is 24.0 Å². The molecule has 2 atom stereocenters. The molecule has 2 heterocycles. The molecule has 0 aromatic rings. The number of carbonyl (C=O) groups is 1. The smallest absolute Gasteiger partial charge is 0.410 e. The molecule has 2 fully saturated rings. The van der Waals surface area contributed by atoms with Gasteiger partial charge in [-0.2, -0.15) is 0 Å². The highest BCUT2D eigenvalue weighted by molar-refractivity contribution is 14.0. The van der Waals surface area contributed by atoms with E-state index in [1.807, 2.05) is 25.7 Å². The molecule has 8 nitrogen and oxygen atoms in total. The first-order valence-corrected chi connectivity index (χ1v) is 11.4. The number of rotatable bonds is 8.